The second-order valence-electron chi connectivity index (χ2n) is 6.13. The van der Waals surface area contributed by atoms with Crippen molar-refractivity contribution in [3.05, 3.63) is 61.1 Å². The molecule has 31 heavy (non-hydrogen) atoms. The first-order valence-electron chi connectivity index (χ1n) is 8.56. The Morgan fingerprint density at radius 1 is 1.19 bits per heavy atom. The van der Waals surface area contributed by atoms with Crippen molar-refractivity contribution in [2.24, 2.45) is 7.05 Å². The van der Waals surface area contributed by atoms with Gasteiger partial charge in [-0.2, -0.15) is 13.2 Å². The molecule has 0 aliphatic heterocycles. The minimum atomic E-state index is -5.01. The Morgan fingerprint density at radius 3 is 2.35 bits per heavy atom. The van der Waals surface area contributed by atoms with E-state index in [1.807, 2.05) is 0 Å². The first-order chi connectivity index (χ1) is 14.3. The van der Waals surface area contributed by atoms with Crippen LogP contribution in [0, 0.1) is 5.82 Å². The number of esters is 2. The molecule has 1 unspecified atom stereocenters. The van der Waals surface area contributed by atoms with Gasteiger partial charge in [0.15, 0.2) is 6.10 Å². The van der Waals surface area contributed by atoms with Crippen LogP contribution in [0.2, 0.25) is 5.02 Å². The Morgan fingerprint density at radius 2 is 1.81 bits per heavy atom. The van der Waals surface area contributed by atoms with Crippen LogP contribution in [0.25, 0.3) is 5.69 Å². The fourth-order valence-electron chi connectivity index (χ4n) is 2.52. The predicted octanol–water partition coefficient (Wildman–Crippen LogP) is 2.46. The van der Waals surface area contributed by atoms with Crippen LogP contribution in [0.4, 0.5) is 17.6 Å². The van der Waals surface area contributed by atoms with Gasteiger partial charge < -0.3 is 9.47 Å². The van der Waals surface area contributed by atoms with Crippen molar-refractivity contribution in [3.63, 3.8) is 0 Å². The highest BCUT2D eigenvalue weighted by atomic mass is 35.5. The van der Waals surface area contributed by atoms with Crippen LogP contribution < -0.4 is 11.2 Å². The maximum atomic E-state index is 14.5. The number of benzene rings is 1. The summed E-state index contributed by atoms with van der Waals surface area (Å²) in [6.07, 6.45) is -6.37. The molecule has 0 amide bonds. The van der Waals surface area contributed by atoms with Crippen LogP contribution in [0.1, 0.15) is 29.9 Å². The zero-order valence-corrected chi connectivity index (χ0v) is 17.0. The summed E-state index contributed by atoms with van der Waals surface area (Å²) in [5, 5.41) is -0.487. The summed E-state index contributed by atoms with van der Waals surface area (Å²) in [4.78, 5) is 48.5. The molecule has 1 aromatic carbocycles. The quantitative estimate of drug-likeness (QED) is 0.496. The van der Waals surface area contributed by atoms with Crippen molar-refractivity contribution in [2.75, 3.05) is 6.61 Å². The molecule has 1 heterocycles. The van der Waals surface area contributed by atoms with Gasteiger partial charge in [-0.05, 0) is 26.0 Å². The number of carbonyl (C=O) groups is 2. The molecule has 8 nitrogen and oxygen atoms in total. The Balaban J connectivity index is 2.60. The van der Waals surface area contributed by atoms with Gasteiger partial charge in [0.05, 0.1) is 22.9 Å². The molecule has 0 saturated carbocycles. The van der Waals surface area contributed by atoms with Crippen molar-refractivity contribution in [3.8, 4) is 5.69 Å². The van der Waals surface area contributed by atoms with Gasteiger partial charge >= 0.3 is 23.8 Å². The first kappa shape index (κ1) is 24.1. The van der Waals surface area contributed by atoms with E-state index in [0.717, 1.165) is 7.05 Å². The number of rotatable bonds is 5. The standard InChI is InChI=1S/C18H15ClF4N2O6/c1-4-30-15(27)8(2)31-16(28)9-5-12(11(20)6-10(9)19)25-14(26)7-13(18(21,22)23)24(3)17(25)29/h5-8H,4H2,1-3H3. The molecule has 0 bridgehead atoms. The largest absolute Gasteiger partial charge is 0.463 e. The molecule has 2 aromatic rings. The average Bonchev–Trinajstić information content (AvgIpc) is 2.65. The fraction of sp³-hybridized carbons (Fsp3) is 0.333. The van der Waals surface area contributed by atoms with Gasteiger partial charge in [0, 0.05) is 13.1 Å². The normalized spacial score (nSPS) is 12.4. The molecule has 0 N–H and O–H groups in total. The molecule has 0 aliphatic rings. The second-order valence-corrected chi connectivity index (χ2v) is 6.53. The topological polar surface area (TPSA) is 96.6 Å². The molecule has 1 aromatic heterocycles. The molecule has 0 saturated heterocycles. The minimum Gasteiger partial charge on any atom is -0.463 e. The molecule has 13 heteroatoms. The van der Waals surface area contributed by atoms with Gasteiger partial charge in [-0.15, -0.1) is 0 Å². The van der Waals surface area contributed by atoms with Crippen molar-refractivity contribution >= 4 is 23.5 Å². The van der Waals surface area contributed by atoms with Crippen molar-refractivity contribution in [1.29, 1.82) is 0 Å². The number of nitrogens with zero attached hydrogens (tertiary/aromatic N) is 2. The van der Waals surface area contributed by atoms with Gasteiger partial charge in [-0.3, -0.25) is 9.36 Å². The fourth-order valence-corrected chi connectivity index (χ4v) is 2.74. The van der Waals surface area contributed by atoms with E-state index in [0.29, 0.717) is 12.1 Å². The Kier molecular flexibility index (Phi) is 6.94. The van der Waals surface area contributed by atoms with Gasteiger partial charge in [-0.25, -0.2) is 23.3 Å². The molecule has 2 rings (SSSR count). The predicted molar refractivity (Wildman–Crippen MR) is 98.8 cm³/mol. The van der Waals surface area contributed by atoms with Crippen LogP contribution >= 0.6 is 11.6 Å². The molecule has 0 aliphatic carbocycles. The summed E-state index contributed by atoms with van der Waals surface area (Å²) in [7, 11) is 0.741. The SMILES string of the molecule is CCOC(=O)C(C)OC(=O)c1cc(-n2c(=O)cc(C(F)(F)F)n(C)c2=O)c(F)cc1Cl. The number of ether oxygens (including phenoxy) is 2. The number of alkyl halides is 3. The van der Waals surface area contributed by atoms with E-state index >= 15 is 0 Å². The number of halogens is 5. The molecule has 0 spiro atoms. The lowest BCUT2D eigenvalue weighted by molar-refractivity contribution is -0.152. The summed E-state index contributed by atoms with van der Waals surface area (Å²) < 4.78 is 63.2. The Hall–Kier alpha value is -3.15. The Bertz CT molecular complexity index is 1160. The van der Waals surface area contributed by atoms with Crippen LogP contribution in [0.3, 0.4) is 0 Å². The molecule has 0 fully saturated rings. The van der Waals surface area contributed by atoms with Crippen molar-refractivity contribution in [2.45, 2.75) is 26.1 Å². The number of aromatic nitrogens is 2. The van der Waals surface area contributed by atoms with Crippen LogP contribution in [-0.4, -0.2) is 33.8 Å². The third-order valence-corrected chi connectivity index (χ3v) is 4.32. The third-order valence-electron chi connectivity index (χ3n) is 4.01. The zero-order chi connectivity index (χ0) is 23.7. The van der Waals surface area contributed by atoms with Gasteiger partial charge in [0.1, 0.15) is 11.5 Å². The van der Waals surface area contributed by atoms with E-state index in [4.69, 9.17) is 16.3 Å². The molecule has 1 atom stereocenters. The van der Waals surface area contributed by atoms with E-state index < -0.39 is 63.3 Å². The lowest BCUT2D eigenvalue weighted by Gasteiger charge is -2.16. The monoisotopic (exact) mass is 466 g/mol. The summed E-state index contributed by atoms with van der Waals surface area (Å²) in [6, 6.07) is 1.34. The van der Waals surface area contributed by atoms with E-state index in [-0.39, 0.29) is 21.8 Å². The van der Waals surface area contributed by atoms with E-state index in [9.17, 15) is 36.7 Å². The highest BCUT2D eigenvalue weighted by molar-refractivity contribution is 6.33. The van der Waals surface area contributed by atoms with Gasteiger partial charge in [-0.1, -0.05) is 11.6 Å². The zero-order valence-electron chi connectivity index (χ0n) is 16.3. The van der Waals surface area contributed by atoms with Crippen molar-refractivity contribution in [1.82, 2.24) is 9.13 Å². The lowest BCUT2D eigenvalue weighted by Crippen LogP contribution is -2.41. The van der Waals surface area contributed by atoms with Crippen molar-refractivity contribution < 1.29 is 36.6 Å². The third kappa shape index (κ3) is 4.95. The van der Waals surface area contributed by atoms with Crippen LogP contribution in [0.15, 0.2) is 27.8 Å². The molecule has 168 valence electrons. The van der Waals surface area contributed by atoms with Gasteiger partial charge in [0.2, 0.25) is 0 Å². The van der Waals surface area contributed by atoms with Crippen LogP contribution in [-0.2, 0) is 27.5 Å². The molecule has 0 radical (unpaired) electrons. The molecular formula is C18H15ClF4N2O6. The average molecular weight is 467 g/mol. The maximum Gasteiger partial charge on any atom is 0.431 e. The van der Waals surface area contributed by atoms with Crippen LogP contribution in [0.5, 0.6) is 0 Å². The summed E-state index contributed by atoms with van der Waals surface area (Å²) in [5.74, 6) is -3.36. The van der Waals surface area contributed by atoms with E-state index in [2.05, 4.69) is 4.74 Å². The number of hydrogen-bond donors (Lipinski definition) is 0. The lowest BCUT2D eigenvalue weighted by atomic mass is 10.2. The maximum absolute atomic E-state index is 14.5. The Labute approximate surface area is 176 Å². The second kappa shape index (κ2) is 8.92. The summed E-state index contributed by atoms with van der Waals surface area (Å²) >= 11 is 5.83. The summed E-state index contributed by atoms with van der Waals surface area (Å²) in [5.41, 5.74) is -5.92. The summed E-state index contributed by atoms with van der Waals surface area (Å²) in [6.45, 7) is 2.74. The minimum absolute atomic E-state index is 0.0162. The number of carbonyl (C=O) groups excluding carboxylic acids is 2. The highest BCUT2D eigenvalue weighted by Gasteiger charge is 2.35. The number of hydrogen-bond acceptors (Lipinski definition) is 6. The highest BCUT2D eigenvalue weighted by Crippen LogP contribution is 2.28. The van der Waals surface area contributed by atoms with E-state index in [1.165, 1.54) is 13.8 Å². The van der Waals surface area contributed by atoms with Gasteiger partial charge in [0.25, 0.3) is 5.56 Å². The van der Waals surface area contributed by atoms with E-state index in [1.54, 1.807) is 0 Å². The molecular weight excluding hydrogens is 452 g/mol. The first-order valence-corrected chi connectivity index (χ1v) is 8.94. The smallest absolute Gasteiger partial charge is 0.431 e.